The van der Waals surface area contributed by atoms with Crippen molar-refractivity contribution in [1.29, 1.82) is 0 Å². The number of benzene rings is 1. The molecule has 0 aliphatic rings. The quantitative estimate of drug-likeness (QED) is 0.785. The van der Waals surface area contributed by atoms with E-state index in [1.165, 1.54) is 0 Å². The molecule has 1 aromatic rings. The summed E-state index contributed by atoms with van der Waals surface area (Å²) < 4.78 is 6.54. The van der Waals surface area contributed by atoms with Gasteiger partial charge in [-0.15, -0.1) is 0 Å². The van der Waals surface area contributed by atoms with E-state index in [1.807, 2.05) is 39.0 Å². The van der Waals surface area contributed by atoms with Crippen LogP contribution in [0.25, 0.3) is 0 Å². The Morgan fingerprint density at radius 1 is 1.50 bits per heavy atom. The van der Waals surface area contributed by atoms with Crippen molar-refractivity contribution in [2.45, 2.75) is 26.4 Å². The molecule has 3 nitrogen and oxygen atoms in total. The highest BCUT2D eigenvalue weighted by Gasteiger charge is 2.18. The predicted molar refractivity (Wildman–Crippen MR) is 84.2 cm³/mol. The van der Waals surface area contributed by atoms with Crippen molar-refractivity contribution in [3.05, 3.63) is 28.2 Å². The lowest BCUT2D eigenvalue weighted by Gasteiger charge is -2.26. The van der Waals surface area contributed by atoms with E-state index in [4.69, 9.17) is 22.7 Å². The minimum Gasteiger partial charge on any atom is -0.389 e. The number of hydrogen-bond donors (Lipinski definition) is 2. The van der Waals surface area contributed by atoms with E-state index in [0.29, 0.717) is 18.1 Å². The number of ether oxygens (including phenoxy) is 1. The Hall–Kier alpha value is -0.650. The van der Waals surface area contributed by atoms with E-state index in [-0.39, 0.29) is 5.60 Å². The third-order valence-electron chi connectivity index (χ3n) is 2.50. The Labute approximate surface area is 122 Å². The molecule has 1 rings (SSSR count). The van der Waals surface area contributed by atoms with E-state index in [0.717, 1.165) is 15.7 Å². The van der Waals surface area contributed by atoms with Crippen molar-refractivity contribution in [2.24, 2.45) is 5.73 Å². The molecule has 18 heavy (non-hydrogen) atoms. The fourth-order valence-corrected chi connectivity index (χ4v) is 2.60. The second kappa shape index (κ2) is 6.50. The second-order valence-corrected chi connectivity index (χ2v) is 5.87. The number of nitrogens with two attached hydrogens (primary N) is 1. The summed E-state index contributed by atoms with van der Waals surface area (Å²) in [7, 11) is 0. The molecular weight excluding hydrogens is 312 g/mol. The van der Waals surface area contributed by atoms with Crippen LogP contribution in [0.5, 0.6) is 0 Å². The van der Waals surface area contributed by atoms with Crippen molar-refractivity contribution < 1.29 is 4.74 Å². The maximum absolute atomic E-state index is 5.74. The maximum atomic E-state index is 5.74. The molecule has 0 fully saturated rings. The maximum Gasteiger partial charge on any atom is 0.107 e. The molecule has 0 atom stereocenters. The topological polar surface area (TPSA) is 47.3 Å². The number of anilines is 1. The first-order chi connectivity index (χ1) is 8.37. The molecule has 0 saturated carbocycles. The number of halogens is 1. The van der Waals surface area contributed by atoms with Crippen molar-refractivity contribution in [2.75, 3.05) is 18.5 Å². The van der Waals surface area contributed by atoms with Crippen LogP contribution in [0.15, 0.2) is 22.7 Å². The molecule has 0 bridgehead atoms. The van der Waals surface area contributed by atoms with Gasteiger partial charge >= 0.3 is 0 Å². The van der Waals surface area contributed by atoms with Gasteiger partial charge in [0.15, 0.2) is 0 Å². The van der Waals surface area contributed by atoms with Crippen LogP contribution in [0, 0.1) is 0 Å². The van der Waals surface area contributed by atoms with E-state index in [9.17, 15) is 0 Å². The minimum atomic E-state index is -0.232. The zero-order chi connectivity index (χ0) is 13.8. The van der Waals surface area contributed by atoms with Crippen LogP contribution in [-0.2, 0) is 4.74 Å². The molecule has 3 N–H and O–H groups in total. The average Bonchev–Trinajstić information content (AvgIpc) is 2.26. The van der Waals surface area contributed by atoms with Crippen LogP contribution >= 0.6 is 28.1 Å². The van der Waals surface area contributed by atoms with E-state index < -0.39 is 0 Å². The molecule has 5 heteroatoms. The van der Waals surface area contributed by atoms with Crippen molar-refractivity contribution in [3.63, 3.8) is 0 Å². The molecule has 100 valence electrons. The van der Waals surface area contributed by atoms with Gasteiger partial charge in [0.05, 0.1) is 5.60 Å². The predicted octanol–water partition coefficient (Wildman–Crippen LogP) is 3.31. The largest absolute Gasteiger partial charge is 0.389 e. The summed E-state index contributed by atoms with van der Waals surface area (Å²) in [6.45, 7) is 7.45. The third kappa shape index (κ3) is 4.23. The SMILES string of the molecule is CCOC(C)(C)CNc1cccc(Br)c1C(N)=S. The number of hydrogen-bond acceptors (Lipinski definition) is 3. The Morgan fingerprint density at radius 3 is 2.72 bits per heavy atom. The lowest BCUT2D eigenvalue weighted by molar-refractivity contribution is 0.000697. The Bertz CT molecular complexity index is 435. The smallest absolute Gasteiger partial charge is 0.107 e. The highest BCUT2D eigenvalue weighted by molar-refractivity contribution is 9.10. The molecule has 0 spiro atoms. The summed E-state index contributed by atoms with van der Waals surface area (Å²) in [6, 6.07) is 5.83. The lowest BCUT2D eigenvalue weighted by Crippen LogP contribution is -2.34. The molecular formula is C13H19BrN2OS. The molecule has 0 aliphatic heterocycles. The number of thiocarbonyl (C=S) groups is 1. The van der Waals surface area contributed by atoms with Gasteiger partial charge in [-0.3, -0.25) is 0 Å². The first-order valence-corrected chi connectivity index (χ1v) is 7.03. The first kappa shape index (κ1) is 15.4. The van der Waals surface area contributed by atoms with Gasteiger partial charge in [0, 0.05) is 28.9 Å². The normalized spacial score (nSPS) is 11.3. The van der Waals surface area contributed by atoms with Crippen LogP contribution in [-0.4, -0.2) is 23.7 Å². The second-order valence-electron chi connectivity index (χ2n) is 4.57. The highest BCUT2D eigenvalue weighted by atomic mass is 79.9. The van der Waals surface area contributed by atoms with Crippen molar-refractivity contribution in [1.82, 2.24) is 0 Å². The third-order valence-corrected chi connectivity index (χ3v) is 3.36. The fraction of sp³-hybridized carbons (Fsp3) is 0.462. The first-order valence-electron chi connectivity index (χ1n) is 5.83. The Kier molecular flexibility index (Phi) is 5.56. The molecule has 0 aliphatic carbocycles. The Balaban J connectivity index is 2.85. The van der Waals surface area contributed by atoms with Crippen molar-refractivity contribution >= 4 is 38.8 Å². The molecule has 0 aromatic heterocycles. The zero-order valence-corrected chi connectivity index (χ0v) is 13.3. The van der Waals surface area contributed by atoms with Gasteiger partial charge in [0.1, 0.15) is 4.99 Å². The van der Waals surface area contributed by atoms with Gasteiger partial charge in [-0.25, -0.2) is 0 Å². The summed E-state index contributed by atoms with van der Waals surface area (Å²) in [5, 5.41) is 3.34. The average molecular weight is 331 g/mol. The summed E-state index contributed by atoms with van der Waals surface area (Å²) in [5.74, 6) is 0. The standard InChI is InChI=1S/C13H19BrN2OS/c1-4-17-13(2,3)8-16-10-7-5-6-9(14)11(10)12(15)18/h5-7,16H,4,8H2,1-3H3,(H2,15,18). The van der Waals surface area contributed by atoms with Crippen molar-refractivity contribution in [3.8, 4) is 0 Å². The van der Waals surface area contributed by atoms with E-state index in [1.54, 1.807) is 0 Å². The van der Waals surface area contributed by atoms with Crippen LogP contribution in [0.1, 0.15) is 26.3 Å². The van der Waals surface area contributed by atoms with E-state index >= 15 is 0 Å². The van der Waals surface area contributed by atoms with Gasteiger partial charge in [0.25, 0.3) is 0 Å². The van der Waals surface area contributed by atoms with Crippen LogP contribution in [0.2, 0.25) is 0 Å². The minimum absolute atomic E-state index is 0.232. The van der Waals surface area contributed by atoms with Gasteiger partial charge in [-0.2, -0.15) is 0 Å². The summed E-state index contributed by atoms with van der Waals surface area (Å²) in [6.07, 6.45) is 0. The Morgan fingerprint density at radius 2 is 2.17 bits per heavy atom. The van der Waals surface area contributed by atoms with E-state index in [2.05, 4.69) is 21.2 Å². The zero-order valence-electron chi connectivity index (χ0n) is 10.9. The van der Waals surface area contributed by atoms with Gasteiger partial charge in [-0.05, 0) is 48.8 Å². The van der Waals surface area contributed by atoms with Gasteiger partial charge in [-0.1, -0.05) is 18.3 Å². The van der Waals surface area contributed by atoms with Gasteiger partial charge < -0.3 is 15.8 Å². The molecule has 0 unspecified atom stereocenters. The molecule has 1 aromatic carbocycles. The summed E-state index contributed by atoms with van der Waals surface area (Å²) >= 11 is 8.53. The lowest BCUT2D eigenvalue weighted by atomic mass is 10.1. The van der Waals surface area contributed by atoms with Gasteiger partial charge in [0.2, 0.25) is 0 Å². The highest BCUT2D eigenvalue weighted by Crippen LogP contribution is 2.25. The molecule has 0 radical (unpaired) electrons. The number of nitrogens with one attached hydrogen (secondary N) is 1. The molecule has 0 saturated heterocycles. The molecule has 0 amide bonds. The number of rotatable bonds is 6. The van der Waals surface area contributed by atoms with Crippen LogP contribution in [0.3, 0.4) is 0 Å². The van der Waals surface area contributed by atoms with Crippen LogP contribution in [0.4, 0.5) is 5.69 Å². The summed E-state index contributed by atoms with van der Waals surface area (Å²) in [5.41, 5.74) is 7.27. The molecule has 0 heterocycles. The monoisotopic (exact) mass is 330 g/mol. The fourth-order valence-electron chi connectivity index (χ4n) is 1.67. The van der Waals surface area contributed by atoms with Crippen LogP contribution < -0.4 is 11.1 Å². The summed E-state index contributed by atoms with van der Waals surface area (Å²) in [4.78, 5) is 0.374.